The minimum Gasteiger partial charge on any atom is -0.491 e. The number of carbonyl (C=O) groups excluding carboxylic acids is 1. The van der Waals surface area contributed by atoms with Gasteiger partial charge in [0.25, 0.3) is 5.91 Å². The van der Waals surface area contributed by atoms with Crippen molar-refractivity contribution in [3.63, 3.8) is 0 Å². The number of benzene rings is 1. The van der Waals surface area contributed by atoms with Crippen LogP contribution in [0.25, 0.3) is 11.1 Å². The molecule has 1 aromatic carbocycles. The van der Waals surface area contributed by atoms with Gasteiger partial charge in [0.1, 0.15) is 18.1 Å². The van der Waals surface area contributed by atoms with Gasteiger partial charge in [0.2, 0.25) is 5.76 Å². The van der Waals surface area contributed by atoms with Gasteiger partial charge in [-0.1, -0.05) is 11.6 Å². The summed E-state index contributed by atoms with van der Waals surface area (Å²) in [6, 6.07) is 5.91. The van der Waals surface area contributed by atoms with Crippen molar-refractivity contribution in [2.75, 3.05) is 18.5 Å². The molecule has 0 radical (unpaired) electrons. The summed E-state index contributed by atoms with van der Waals surface area (Å²) in [5, 5.41) is 10.5. The molecule has 31 heavy (non-hydrogen) atoms. The number of hydrogen-bond donors (Lipinski definition) is 2. The quantitative estimate of drug-likeness (QED) is 0.607. The molecule has 1 atom stereocenters. The highest BCUT2D eigenvalue weighted by atomic mass is 16.5. The minimum atomic E-state index is -0.345. The molecule has 8 nitrogen and oxygen atoms in total. The Morgan fingerprint density at radius 1 is 1.23 bits per heavy atom. The van der Waals surface area contributed by atoms with E-state index in [4.69, 9.17) is 13.7 Å². The molecule has 0 saturated carbocycles. The fourth-order valence-electron chi connectivity index (χ4n) is 3.98. The first-order valence-corrected chi connectivity index (χ1v) is 10.6. The number of oxazole rings is 1. The second-order valence-corrected chi connectivity index (χ2v) is 7.97. The first-order chi connectivity index (χ1) is 14.9. The summed E-state index contributed by atoms with van der Waals surface area (Å²) in [5.74, 6) is 1.75. The van der Waals surface area contributed by atoms with Crippen molar-refractivity contribution in [1.29, 1.82) is 0 Å². The number of nitrogens with one attached hydrogen (secondary N) is 2. The zero-order valence-corrected chi connectivity index (χ0v) is 18.4. The fourth-order valence-corrected chi connectivity index (χ4v) is 3.98. The lowest BCUT2D eigenvalue weighted by molar-refractivity contribution is 0.0994. The molecule has 0 aliphatic carbocycles. The number of nitrogens with zero attached hydrogens (tertiary/aromatic N) is 2. The maximum atomic E-state index is 12.7. The van der Waals surface area contributed by atoms with Crippen molar-refractivity contribution in [1.82, 2.24) is 15.5 Å². The SMILES string of the molecule is Cc1nc(C)c(C(=O)Nc2ccc(OCC3CCCCN3)c(-c3c(C)noc3C)c2)o1. The molecule has 0 bridgehead atoms. The van der Waals surface area contributed by atoms with Crippen molar-refractivity contribution in [3.05, 3.63) is 47.0 Å². The number of rotatable bonds is 6. The number of aryl methyl sites for hydroxylation is 4. The second kappa shape index (κ2) is 8.93. The van der Waals surface area contributed by atoms with Gasteiger partial charge < -0.3 is 24.3 Å². The van der Waals surface area contributed by atoms with E-state index in [9.17, 15) is 4.79 Å². The van der Waals surface area contributed by atoms with Gasteiger partial charge in [-0.2, -0.15) is 0 Å². The number of hydrogen-bond acceptors (Lipinski definition) is 7. The van der Waals surface area contributed by atoms with Crippen molar-refractivity contribution < 1.29 is 18.5 Å². The Balaban J connectivity index is 1.61. The summed E-state index contributed by atoms with van der Waals surface area (Å²) in [6.45, 7) is 8.83. The van der Waals surface area contributed by atoms with Crippen molar-refractivity contribution in [2.24, 2.45) is 0 Å². The van der Waals surface area contributed by atoms with E-state index < -0.39 is 0 Å². The first kappa shape index (κ1) is 21.1. The number of aromatic nitrogens is 2. The lowest BCUT2D eigenvalue weighted by Gasteiger charge is -2.24. The standard InChI is InChI=1S/C23H28N4O4/c1-13-21(15(3)31-27-13)19-11-17(26-23(28)22-14(2)25-16(4)30-22)8-9-20(19)29-12-18-7-5-6-10-24-18/h8-9,11,18,24H,5-7,10,12H2,1-4H3,(H,26,28). The number of carbonyl (C=O) groups is 1. The van der Waals surface area contributed by atoms with Gasteiger partial charge >= 0.3 is 0 Å². The highest BCUT2D eigenvalue weighted by molar-refractivity contribution is 6.03. The molecule has 3 aromatic rings. The van der Waals surface area contributed by atoms with Gasteiger partial charge in [0.15, 0.2) is 5.89 Å². The third-order valence-corrected chi connectivity index (χ3v) is 5.50. The van der Waals surface area contributed by atoms with Crippen LogP contribution in [0.2, 0.25) is 0 Å². The predicted octanol–water partition coefficient (Wildman–Crippen LogP) is 4.34. The molecule has 1 saturated heterocycles. The van der Waals surface area contributed by atoms with E-state index in [0.29, 0.717) is 35.7 Å². The molecule has 1 unspecified atom stereocenters. The summed E-state index contributed by atoms with van der Waals surface area (Å²) >= 11 is 0. The zero-order valence-electron chi connectivity index (χ0n) is 18.4. The molecule has 1 fully saturated rings. The van der Waals surface area contributed by atoms with Crippen LogP contribution in [0.3, 0.4) is 0 Å². The van der Waals surface area contributed by atoms with Gasteiger partial charge in [0, 0.05) is 24.2 Å². The molecule has 8 heteroatoms. The van der Waals surface area contributed by atoms with Gasteiger partial charge in [-0.15, -0.1) is 0 Å². The van der Waals surface area contributed by atoms with Crippen LogP contribution in [0.15, 0.2) is 27.1 Å². The lowest BCUT2D eigenvalue weighted by Crippen LogP contribution is -2.38. The van der Waals surface area contributed by atoms with Crippen LogP contribution >= 0.6 is 0 Å². The number of anilines is 1. The van der Waals surface area contributed by atoms with Crippen LogP contribution in [-0.4, -0.2) is 35.2 Å². The zero-order chi connectivity index (χ0) is 22.0. The Bertz CT molecular complexity index is 1060. The molecule has 1 amide bonds. The molecule has 2 aromatic heterocycles. The smallest absolute Gasteiger partial charge is 0.293 e. The first-order valence-electron chi connectivity index (χ1n) is 10.6. The Morgan fingerprint density at radius 3 is 2.71 bits per heavy atom. The van der Waals surface area contributed by atoms with Crippen LogP contribution in [-0.2, 0) is 0 Å². The maximum absolute atomic E-state index is 12.7. The average molecular weight is 425 g/mol. The highest BCUT2D eigenvalue weighted by Crippen LogP contribution is 2.37. The second-order valence-electron chi connectivity index (χ2n) is 7.97. The number of ether oxygens (including phenoxy) is 1. The van der Waals surface area contributed by atoms with Crippen LogP contribution < -0.4 is 15.4 Å². The molecule has 1 aliphatic heterocycles. The van der Waals surface area contributed by atoms with Gasteiger partial charge in [-0.05, 0) is 58.4 Å². The average Bonchev–Trinajstić information content (AvgIpc) is 3.27. The molecular formula is C23H28N4O4. The molecule has 2 N–H and O–H groups in total. The molecule has 0 spiro atoms. The summed E-state index contributed by atoms with van der Waals surface area (Å²) in [7, 11) is 0. The van der Waals surface area contributed by atoms with E-state index >= 15 is 0 Å². The van der Waals surface area contributed by atoms with Crippen LogP contribution in [0, 0.1) is 27.7 Å². The van der Waals surface area contributed by atoms with Crippen molar-refractivity contribution >= 4 is 11.6 Å². The third kappa shape index (κ3) is 4.64. The van der Waals surface area contributed by atoms with Gasteiger partial charge in [-0.3, -0.25) is 4.79 Å². The molecule has 164 valence electrons. The highest BCUT2D eigenvalue weighted by Gasteiger charge is 2.21. The van der Waals surface area contributed by atoms with Crippen molar-refractivity contribution in [3.8, 4) is 16.9 Å². The molecular weight excluding hydrogens is 396 g/mol. The van der Waals surface area contributed by atoms with Gasteiger partial charge in [-0.25, -0.2) is 4.98 Å². The number of piperidine rings is 1. The number of amides is 1. The largest absolute Gasteiger partial charge is 0.491 e. The fraction of sp³-hybridized carbons (Fsp3) is 0.435. The Hall–Kier alpha value is -3.13. The topological polar surface area (TPSA) is 102 Å². The van der Waals surface area contributed by atoms with E-state index in [0.717, 1.165) is 35.5 Å². The van der Waals surface area contributed by atoms with Crippen molar-refractivity contribution in [2.45, 2.75) is 53.0 Å². The summed E-state index contributed by atoms with van der Waals surface area (Å²) in [6.07, 6.45) is 3.52. The molecule has 4 rings (SSSR count). The Labute approximate surface area is 181 Å². The summed E-state index contributed by atoms with van der Waals surface area (Å²) in [5.41, 5.74) is 3.64. The summed E-state index contributed by atoms with van der Waals surface area (Å²) < 4.78 is 17.0. The van der Waals surface area contributed by atoms with Gasteiger partial charge in [0.05, 0.1) is 17.0 Å². The monoisotopic (exact) mass is 424 g/mol. The minimum absolute atomic E-state index is 0.208. The van der Waals surface area contributed by atoms with E-state index in [2.05, 4.69) is 20.8 Å². The van der Waals surface area contributed by atoms with Crippen LogP contribution in [0.5, 0.6) is 5.75 Å². The summed E-state index contributed by atoms with van der Waals surface area (Å²) in [4.78, 5) is 16.8. The van der Waals surface area contributed by atoms with E-state index in [-0.39, 0.29) is 11.7 Å². The maximum Gasteiger partial charge on any atom is 0.293 e. The van der Waals surface area contributed by atoms with E-state index in [1.54, 1.807) is 13.8 Å². The molecule has 1 aliphatic rings. The normalized spacial score (nSPS) is 16.3. The van der Waals surface area contributed by atoms with Crippen LogP contribution in [0.4, 0.5) is 5.69 Å². The lowest BCUT2D eigenvalue weighted by atomic mass is 10.0. The Morgan fingerprint density at radius 2 is 2.06 bits per heavy atom. The Kier molecular flexibility index (Phi) is 6.08. The van der Waals surface area contributed by atoms with Crippen LogP contribution in [0.1, 0.15) is 52.9 Å². The van der Waals surface area contributed by atoms with E-state index in [1.165, 1.54) is 12.8 Å². The third-order valence-electron chi connectivity index (χ3n) is 5.50. The van der Waals surface area contributed by atoms with E-state index in [1.807, 2.05) is 32.0 Å². The molecule has 3 heterocycles. The predicted molar refractivity (Wildman–Crippen MR) is 116 cm³/mol.